The van der Waals surface area contributed by atoms with E-state index in [-0.39, 0.29) is 6.42 Å². The van der Waals surface area contributed by atoms with E-state index in [0.717, 1.165) is 0 Å². The predicted molar refractivity (Wildman–Crippen MR) is 64.6 cm³/mol. The van der Waals surface area contributed by atoms with Crippen molar-refractivity contribution in [2.24, 2.45) is 0 Å². The average molecular weight is 244 g/mol. The van der Waals surface area contributed by atoms with Crippen molar-refractivity contribution in [3.8, 4) is 11.6 Å². The Kier molecular flexibility index (Phi) is 3.52. The molecular formula is C13H12N2O3. The van der Waals surface area contributed by atoms with Crippen LogP contribution in [0.3, 0.4) is 0 Å². The number of benzene rings is 1. The Hall–Kier alpha value is -2.43. The zero-order valence-electron chi connectivity index (χ0n) is 9.83. The minimum Gasteiger partial charge on any atom is -0.481 e. The summed E-state index contributed by atoms with van der Waals surface area (Å²) < 4.78 is 5.56. The molecule has 0 spiro atoms. The van der Waals surface area contributed by atoms with Gasteiger partial charge in [0.1, 0.15) is 5.75 Å². The highest BCUT2D eigenvalue weighted by Crippen LogP contribution is 2.22. The number of carbonyl (C=O) groups is 1. The van der Waals surface area contributed by atoms with E-state index in [4.69, 9.17) is 9.84 Å². The lowest BCUT2D eigenvalue weighted by atomic mass is 10.1. The maximum Gasteiger partial charge on any atom is 0.307 e. The lowest BCUT2D eigenvalue weighted by molar-refractivity contribution is -0.136. The first kappa shape index (κ1) is 12.0. The first-order valence-corrected chi connectivity index (χ1v) is 5.41. The summed E-state index contributed by atoms with van der Waals surface area (Å²) in [4.78, 5) is 18.8. The van der Waals surface area contributed by atoms with Gasteiger partial charge in [-0.05, 0) is 24.6 Å². The van der Waals surface area contributed by atoms with Gasteiger partial charge in [-0.25, -0.2) is 4.98 Å². The summed E-state index contributed by atoms with van der Waals surface area (Å²) in [5.74, 6) is 0.102. The molecule has 0 fully saturated rings. The summed E-state index contributed by atoms with van der Waals surface area (Å²) >= 11 is 0. The van der Waals surface area contributed by atoms with E-state index in [1.807, 2.05) is 0 Å². The molecule has 0 atom stereocenters. The number of ether oxygens (including phenoxy) is 1. The molecule has 92 valence electrons. The fraction of sp³-hybridized carbons (Fsp3) is 0.154. The second-order valence-corrected chi connectivity index (χ2v) is 3.77. The molecule has 1 N–H and O–H groups in total. The molecule has 0 amide bonds. The standard InChI is InChI=1S/C13H12N2O3/c1-9-13(15-6-5-14-9)18-11-4-2-3-10(7-11)8-12(16)17/h2-7H,8H2,1H3,(H,16,17). The Balaban J connectivity index is 2.19. The molecule has 5 nitrogen and oxygen atoms in total. The van der Waals surface area contributed by atoms with E-state index < -0.39 is 5.97 Å². The molecule has 0 aliphatic heterocycles. The van der Waals surface area contributed by atoms with Crippen molar-refractivity contribution in [2.45, 2.75) is 13.3 Å². The monoisotopic (exact) mass is 244 g/mol. The third kappa shape index (κ3) is 3.04. The smallest absolute Gasteiger partial charge is 0.307 e. The van der Waals surface area contributed by atoms with E-state index in [1.54, 1.807) is 43.6 Å². The van der Waals surface area contributed by atoms with Crippen LogP contribution in [0, 0.1) is 6.92 Å². The van der Waals surface area contributed by atoms with Crippen LogP contribution in [-0.4, -0.2) is 21.0 Å². The number of aliphatic carboxylic acids is 1. The molecule has 0 aliphatic rings. The molecule has 2 rings (SSSR count). The Bertz CT molecular complexity index is 570. The molecule has 1 aromatic heterocycles. The highest BCUT2D eigenvalue weighted by molar-refractivity contribution is 5.70. The number of hydrogen-bond donors (Lipinski definition) is 1. The normalized spacial score (nSPS) is 10.1. The first-order valence-electron chi connectivity index (χ1n) is 5.41. The number of aromatic nitrogens is 2. The molecular weight excluding hydrogens is 232 g/mol. The number of carboxylic acids is 1. The number of carboxylic acid groups (broad SMARTS) is 1. The van der Waals surface area contributed by atoms with Gasteiger partial charge in [0.2, 0.25) is 5.88 Å². The second-order valence-electron chi connectivity index (χ2n) is 3.77. The maximum atomic E-state index is 10.6. The van der Waals surface area contributed by atoms with Crippen molar-refractivity contribution < 1.29 is 14.6 Å². The van der Waals surface area contributed by atoms with Crippen molar-refractivity contribution in [3.05, 3.63) is 47.9 Å². The highest BCUT2D eigenvalue weighted by Gasteiger charge is 2.05. The van der Waals surface area contributed by atoms with Crippen LogP contribution in [0.15, 0.2) is 36.7 Å². The SMILES string of the molecule is Cc1nccnc1Oc1cccc(CC(=O)O)c1. The molecule has 0 aliphatic carbocycles. The second kappa shape index (κ2) is 5.27. The van der Waals surface area contributed by atoms with Crippen LogP contribution in [0.4, 0.5) is 0 Å². The van der Waals surface area contributed by atoms with Crippen LogP contribution in [-0.2, 0) is 11.2 Å². The van der Waals surface area contributed by atoms with Crippen molar-refractivity contribution in [2.75, 3.05) is 0 Å². The summed E-state index contributed by atoms with van der Waals surface area (Å²) in [5, 5.41) is 8.73. The van der Waals surface area contributed by atoms with E-state index in [1.165, 1.54) is 0 Å². The Morgan fingerprint density at radius 2 is 2.11 bits per heavy atom. The van der Waals surface area contributed by atoms with Gasteiger partial charge in [0.15, 0.2) is 0 Å². The van der Waals surface area contributed by atoms with Gasteiger partial charge in [-0.1, -0.05) is 12.1 Å². The average Bonchev–Trinajstić information content (AvgIpc) is 2.32. The lowest BCUT2D eigenvalue weighted by Crippen LogP contribution is -2.00. The Labute approximate surface area is 104 Å². The molecule has 1 heterocycles. The van der Waals surface area contributed by atoms with Crippen LogP contribution in [0.5, 0.6) is 11.6 Å². The summed E-state index contributed by atoms with van der Waals surface area (Å²) in [5.41, 5.74) is 1.36. The number of rotatable bonds is 4. The minimum atomic E-state index is -0.872. The largest absolute Gasteiger partial charge is 0.481 e. The van der Waals surface area contributed by atoms with Crippen LogP contribution in [0.2, 0.25) is 0 Å². The minimum absolute atomic E-state index is 0.0311. The predicted octanol–water partition coefficient (Wildman–Crippen LogP) is 2.20. The Morgan fingerprint density at radius 3 is 2.83 bits per heavy atom. The number of hydrogen-bond acceptors (Lipinski definition) is 4. The van der Waals surface area contributed by atoms with Crippen molar-refractivity contribution in [1.29, 1.82) is 0 Å². The molecule has 0 radical (unpaired) electrons. The molecule has 0 saturated carbocycles. The van der Waals surface area contributed by atoms with Crippen molar-refractivity contribution >= 4 is 5.97 Å². The zero-order chi connectivity index (χ0) is 13.0. The molecule has 0 bridgehead atoms. The third-order valence-corrected chi connectivity index (χ3v) is 2.30. The van der Waals surface area contributed by atoms with E-state index in [9.17, 15) is 4.79 Å². The Morgan fingerprint density at radius 1 is 1.33 bits per heavy atom. The third-order valence-electron chi connectivity index (χ3n) is 2.30. The van der Waals surface area contributed by atoms with Gasteiger partial charge in [-0.3, -0.25) is 9.78 Å². The van der Waals surface area contributed by atoms with Gasteiger partial charge in [-0.2, -0.15) is 0 Å². The molecule has 18 heavy (non-hydrogen) atoms. The van der Waals surface area contributed by atoms with Gasteiger partial charge >= 0.3 is 5.97 Å². The van der Waals surface area contributed by atoms with E-state index in [0.29, 0.717) is 22.9 Å². The first-order chi connectivity index (χ1) is 8.65. The molecule has 5 heteroatoms. The topological polar surface area (TPSA) is 72.3 Å². The lowest BCUT2D eigenvalue weighted by Gasteiger charge is -2.07. The van der Waals surface area contributed by atoms with Crippen molar-refractivity contribution in [3.63, 3.8) is 0 Å². The fourth-order valence-electron chi connectivity index (χ4n) is 1.50. The van der Waals surface area contributed by atoms with Gasteiger partial charge in [0.05, 0.1) is 12.1 Å². The fourth-order valence-corrected chi connectivity index (χ4v) is 1.50. The molecule has 2 aromatic rings. The maximum absolute atomic E-state index is 10.6. The van der Waals surface area contributed by atoms with Crippen LogP contribution in [0.25, 0.3) is 0 Å². The quantitative estimate of drug-likeness (QED) is 0.892. The van der Waals surface area contributed by atoms with Crippen LogP contribution < -0.4 is 4.74 Å². The summed E-state index contributed by atoms with van der Waals surface area (Å²) in [6.07, 6.45) is 3.10. The van der Waals surface area contributed by atoms with Crippen molar-refractivity contribution in [1.82, 2.24) is 9.97 Å². The van der Waals surface area contributed by atoms with E-state index >= 15 is 0 Å². The summed E-state index contributed by atoms with van der Waals surface area (Å²) in [6, 6.07) is 6.92. The summed E-state index contributed by atoms with van der Waals surface area (Å²) in [6.45, 7) is 1.80. The number of nitrogens with zero attached hydrogens (tertiary/aromatic N) is 2. The van der Waals surface area contributed by atoms with E-state index in [2.05, 4.69) is 9.97 Å². The van der Waals surface area contributed by atoms with Gasteiger partial charge in [-0.15, -0.1) is 0 Å². The highest BCUT2D eigenvalue weighted by atomic mass is 16.5. The van der Waals surface area contributed by atoms with Crippen LogP contribution >= 0.6 is 0 Å². The zero-order valence-corrected chi connectivity index (χ0v) is 9.83. The molecule has 0 saturated heterocycles. The number of aryl methyl sites for hydroxylation is 1. The molecule has 0 unspecified atom stereocenters. The van der Waals surface area contributed by atoms with Gasteiger partial charge < -0.3 is 9.84 Å². The van der Waals surface area contributed by atoms with Gasteiger partial charge in [0, 0.05) is 12.4 Å². The molecule has 1 aromatic carbocycles. The van der Waals surface area contributed by atoms with Crippen LogP contribution in [0.1, 0.15) is 11.3 Å². The van der Waals surface area contributed by atoms with Gasteiger partial charge in [0.25, 0.3) is 0 Å². The summed E-state index contributed by atoms with van der Waals surface area (Å²) in [7, 11) is 0.